The van der Waals surface area contributed by atoms with Crippen LogP contribution in [0.15, 0.2) is 219 Å². The van der Waals surface area contributed by atoms with Crippen molar-refractivity contribution >= 4 is 53.0 Å². The van der Waals surface area contributed by atoms with Crippen LogP contribution in [0.25, 0.3) is 89.5 Å². The van der Waals surface area contributed by atoms with Crippen LogP contribution < -0.4 is 39.0 Å². The number of rotatable bonds is 16. The maximum Gasteiger partial charge on any atom is 0.212 e. The van der Waals surface area contributed by atoms with Crippen molar-refractivity contribution in [2.75, 3.05) is 0 Å². The molecule has 632 valence electrons. The SMILES string of the molecule is [2H]C([2H])([2H])c1c[n+](C)c(-c2cc(-c3ccccc3)c([Si](C)(C)C)cc2C)cc1C.[2H]C([2H])([2H])c1c[n+](C)c(-c2cc(-c3ccccc3)c([Si](C)(C)C)cc2C)cc1C([2H])([2H])C(C)(C)C.[2H]C([2H])(c1c[n+](C)c(-c2cc(-c3ccccc3)c([Si](C)(C)C)cc2C)cc1C)C(C)(C)C.[2H]C([2H])(c1cc(-c2cc(-c3ccccc3)c([Si](C)(C)C)cc2C)[n+](C)cc1C([2H])([2H])C(C)(C)C)C(C)(C)C. The zero-order valence-electron chi connectivity index (χ0n) is 93.6. The average Bonchev–Trinajstić information content (AvgIpc) is 0.731. The van der Waals surface area contributed by atoms with Gasteiger partial charge in [-0.3, -0.25) is 0 Å². The van der Waals surface area contributed by atoms with Crippen molar-refractivity contribution in [3.63, 3.8) is 0 Å². The number of nitrogens with zero attached hydrogens (tertiary/aromatic N) is 4. The van der Waals surface area contributed by atoms with Gasteiger partial charge in [0.15, 0.2) is 24.8 Å². The van der Waals surface area contributed by atoms with Gasteiger partial charge >= 0.3 is 0 Å². The van der Waals surface area contributed by atoms with Gasteiger partial charge in [-0.15, -0.1) is 0 Å². The van der Waals surface area contributed by atoms with Crippen molar-refractivity contribution in [3.8, 4) is 89.5 Å². The summed E-state index contributed by atoms with van der Waals surface area (Å²) in [6, 6.07) is 68.4. The molecule has 0 bridgehead atoms. The Hall–Kier alpha value is -8.77. The molecule has 8 heteroatoms. The molecule has 12 aromatic rings. The van der Waals surface area contributed by atoms with Gasteiger partial charge in [0.2, 0.25) is 22.8 Å². The fourth-order valence-corrected chi connectivity index (χ4v) is 22.5. The van der Waals surface area contributed by atoms with E-state index in [1.165, 1.54) is 76.4 Å². The smallest absolute Gasteiger partial charge is 0.201 e. The van der Waals surface area contributed by atoms with Crippen molar-refractivity contribution in [1.29, 1.82) is 0 Å². The second kappa shape index (κ2) is 37.5. The van der Waals surface area contributed by atoms with Gasteiger partial charge in [0.1, 0.15) is 28.2 Å². The van der Waals surface area contributed by atoms with E-state index in [4.69, 9.17) is 16.4 Å². The van der Waals surface area contributed by atoms with Crippen molar-refractivity contribution in [1.82, 2.24) is 0 Å². The molecule has 0 atom stereocenters. The van der Waals surface area contributed by atoms with E-state index < -0.39 is 93.2 Å². The third-order valence-electron chi connectivity index (χ3n) is 21.7. The first-order valence-corrected chi connectivity index (χ1v) is 56.9. The Balaban J connectivity index is 0.000000201. The van der Waals surface area contributed by atoms with Crippen LogP contribution in [0.3, 0.4) is 0 Å². The summed E-state index contributed by atoms with van der Waals surface area (Å²) < 4.78 is 128. The summed E-state index contributed by atoms with van der Waals surface area (Å²) in [5.41, 5.74) is 24.2. The van der Waals surface area contributed by atoms with E-state index >= 15 is 0 Å². The zero-order chi connectivity index (χ0) is 101. The molecule has 0 spiro atoms. The van der Waals surface area contributed by atoms with Gasteiger partial charge in [-0.2, -0.15) is 0 Å². The Morgan fingerprint density at radius 2 is 0.475 bits per heavy atom. The van der Waals surface area contributed by atoms with E-state index in [9.17, 15) is 2.74 Å². The van der Waals surface area contributed by atoms with E-state index in [1.807, 2.05) is 194 Å². The minimum Gasteiger partial charge on any atom is -0.201 e. The van der Waals surface area contributed by atoms with Crippen LogP contribution in [-0.4, -0.2) is 32.3 Å². The van der Waals surface area contributed by atoms with Crippen LogP contribution in [0.2, 0.25) is 78.6 Å². The molecule has 0 saturated carbocycles. The summed E-state index contributed by atoms with van der Waals surface area (Å²) in [5.74, 6) is 0. The van der Waals surface area contributed by atoms with Crippen molar-refractivity contribution in [2.24, 2.45) is 49.9 Å². The lowest BCUT2D eigenvalue weighted by atomic mass is 9.81. The molecule has 0 amide bonds. The molecule has 0 unspecified atom stereocenters. The highest BCUT2D eigenvalue weighted by Crippen LogP contribution is 2.38. The van der Waals surface area contributed by atoms with Gasteiger partial charge in [-0.1, -0.05) is 328 Å². The lowest BCUT2D eigenvalue weighted by Crippen LogP contribution is -2.39. The molecule has 0 saturated heterocycles. The molecule has 0 aliphatic rings. The standard InChI is InChI=1S/C32H46NSi.2C28H38NSi.C24H30NSi/c1-23-17-30(34(9,10)11)28(24-15-13-12-14-16-24)19-27(23)29-18-25(20-31(2,3)4)26(22-33(29)8)21-32(5,6)7;1-20-15-27(30(7,8)9)25(22-13-11-10-12-14-22)17-24(20)26-16-23(18-28(3,4)5)21(2)19-29(26)6;1-20-15-26(29(6)19-23(20)18-28(3,4)5)24-17-25(22-13-11-10-12-14-22)27(16-21(24)2)30(7,8)9;1-17-13-23(25(4)16-19(17)3)21-15-22(20-11-9-8-10-12-20)24(14-18(21)2)26(5,6)7/h12-19,22H,20-21H2,1-11H3;2*10-17,19H,18H2,1-9H3;8-16H,1-7H3/q4*+1/i20D2,21D2;2D3,18D2;18D2;3D3. The number of benzene rings is 8. The molecule has 8 aromatic carbocycles. The van der Waals surface area contributed by atoms with Crippen LogP contribution in [-0.2, 0) is 53.7 Å². The van der Waals surface area contributed by atoms with Crippen LogP contribution in [0, 0.1) is 76.9 Å². The van der Waals surface area contributed by atoms with Gasteiger partial charge in [0.05, 0.1) is 32.3 Å². The van der Waals surface area contributed by atoms with E-state index in [2.05, 4.69) is 256 Å². The predicted octanol–water partition coefficient (Wildman–Crippen LogP) is 26.4. The molecule has 120 heavy (non-hydrogen) atoms. The van der Waals surface area contributed by atoms with E-state index in [1.54, 1.807) is 18.5 Å². The van der Waals surface area contributed by atoms with E-state index in [0.29, 0.717) is 16.7 Å². The lowest BCUT2D eigenvalue weighted by Gasteiger charge is -2.25. The summed E-state index contributed by atoms with van der Waals surface area (Å²) in [7, 11) is 1.31. The Labute approximate surface area is 753 Å². The zero-order valence-corrected chi connectivity index (χ0v) is 83.6. The lowest BCUT2D eigenvalue weighted by molar-refractivity contribution is -0.661. The predicted molar refractivity (Wildman–Crippen MR) is 536 cm³/mol. The third kappa shape index (κ3) is 24.8. The average molecular weight is 1680 g/mol. The Kier molecular flexibility index (Phi) is 23.8. The molecule has 0 aliphatic heterocycles. The van der Waals surface area contributed by atoms with Crippen molar-refractivity contribution in [2.45, 2.75) is 242 Å². The number of pyridine rings is 4. The molecule has 0 N–H and O–H groups in total. The maximum absolute atomic E-state index is 9.22. The molecule has 4 heterocycles. The minimum absolute atomic E-state index is 0.0586. The van der Waals surface area contributed by atoms with Crippen molar-refractivity contribution in [3.05, 3.63) is 286 Å². The number of aryl methyl sites for hydroxylation is 12. The highest BCUT2D eigenvalue weighted by molar-refractivity contribution is 6.91. The van der Waals surface area contributed by atoms with Crippen LogP contribution >= 0.6 is 0 Å². The highest BCUT2D eigenvalue weighted by atomic mass is 28.3. The van der Waals surface area contributed by atoms with Gasteiger partial charge in [-0.25, -0.2) is 18.3 Å². The first kappa shape index (κ1) is 76.1. The number of hydrogen-bond donors (Lipinski definition) is 0. The van der Waals surface area contributed by atoms with Crippen LogP contribution in [0.4, 0.5) is 0 Å². The maximum atomic E-state index is 9.22. The second-order valence-corrected chi connectivity index (χ2v) is 61.9. The van der Waals surface area contributed by atoms with Crippen LogP contribution in [0.5, 0.6) is 0 Å². The largest absolute Gasteiger partial charge is 0.212 e. The highest BCUT2D eigenvalue weighted by Gasteiger charge is 2.32. The Morgan fingerprint density at radius 1 is 0.242 bits per heavy atom. The Morgan fingerprint density at radius 3 is 0.758 bits per heavy atom. The number of aromatic nitrogens is 4. The second-order valence-electron chi connectivity index (χ2n) is 41.7. The van der Waals surface area contributed by atoms with Gasteiger partial charge < -0.3 is 0 Å². The Bertz CT molecular complexity index is 6270. The van der Waals surface area contributed by atoms with Gasteiger partial charge in [0, 0.05) is 88.0 Å². The monoisotopic (exact) mass is 1680 g/mol. The quantitative estimate of drug-likeness (QED) is 0.0677. The van der Waals surface area contributed by atoms with Crippen molar-refractivity contribution < 1.29 is 37.5 Å². The molecular formula is C112H152N4Si4+4. The van der Waals surface area contributed by atoms with Gasteiger partial charge in [-0.05, 0) is 216 Å². The molecule has 0 fully saturated rings. The summed E-state index contributed by atoms with van der Waals surface area (Å²) >= 11 is 0. The fraction of sp³-hybridized carbons (Fsp3) is 0.393. The van der Waals surface area contributed by atoms with Gasteiger partial charge in [0.25, 0.3) is 0 Å². The van der Waals surface area contributed by atoms with Crippen LogP contribution in [0.1, 0.15) is 169 Å². The molecule has 12 rings (SSSR count). The normalized spacial score (nSPS) is 14.7. The minimum atomic E-state index is -2.42. The topological polar surface area (TPSA) is 15.5 Å². The first-order chi connectivity index (χ1) is 61.0. The first-order valence-electron chi connectivity index (χ1n) is 49.9. The molecule has 4 aromatic heterocycles. The van der Waals surface area contributed by atoms with E-state index in [-0.39, 0.29) is 11.1 Å². The molecule has 4 nitrogen and oxygen atoms in total. The summed E-state index contributed by atoms with van der Waals surface area (Å²) in [6.07, 6.45) is 0.424. The number of hydrogen-bond acceptors (Lipinski definition) is 0. The third-order valence-corrected chi connectivity index (χ3v) is 29.8. The molecular weight excluding hydrogens is 1510 g/mol. The summed E-state index contributed by atoms with van der Waals surface area (Å²) in [6.45, 7) is 59.1. The van der Waals surface area contributed by atoms with E-state index in [0.717, 1.165) is 72.8 Å². The summed E-state index contributed by atoms with van der Waals surface area (Å²) in [4.78, 5) is 0. The summed E-state index contributed by atoms with van der Waals surface area (Å²) in [5, 5.41) is 5.70. The molecule has 0 radical (unpaired) electrons. The molecule has 0 aliphatic carbocycles. The fourth-order valence-electron chi connectivity index (χ4n) is 15.8.